The number of amides is 1. The van der Waals surface area contributed by atoms with E-state index in [1.807, 2.05) is 24.6 Å². The van der Waals surface area contributed by atoms with Crippen LogP contribution in [0, 0.1) is 5.41 Å². The predicted octanol–water partition coefficient (Wildman–Crippen LogP) is 1.56. The highest BCUT2D eigenvalue weighted by Crippen LogP contribution is 2.36. The number of aryl methyl sites for hydroxylation is 1. The molecule has 2 atom stereocenters. The Morgan fingerprint density at radius 2 is 2.25 bits per heavy atom. The fourth-order valence-electron chi connectivity index (χ4n) is 3.71. The molecule has 1 aliphatic rings. The Hall–Kier alpha value is -1.92. The number of nitrogens with zero attached hydrogens (tertiary/aromatic N) is 3. The van der Waals surface area contributed by atoms with E-state index < -0.39 is 11.5 Å². The summed E-state index contributed by atoms with van der Waals surface area (Å²) in [5.41, 5.74) is 1.88. The summed E-state index contributed by atoms with van der Waals surface area (Å²) >= 11 is 0. The second-order valence-corrected chi connectivity index (χ2v) is 6.85. The maximum Gasteiger partial charge on any atom is 0.254 e. The summed E-state index contributed by atoms with van der Waals surface area (Å²) in [5.74, 6) is -0.0929. The monoisotopic (exact) mass is 331 g/mol. The number of aromatic nitrogens is 2. The lowest BCUT2D eigenvalue weighted by Gasteiger charge is -2.44. The molecule has 0 bridgehead atoms. The van der Waals surface area contributed by atoms with Gasteiger partial charge in [0.1, 0.15) is 0 Å². The van der Waals surface area contributed by atoms with Gasteiger partial charge in [0.2, 0.25) is 0 Å². The minimum absolute atomic E-state index is 0.0378. The summed E-state index contributed by atoms with van der Waals surface area (Å²) in [7, 11) is 1.92. The van der Waals surface area contributed by atoms with Gasteiger partial charge in [-0.25, -0.2) is 4.98 Å². The van der Waals surface area contributed by atoms with Crippen LogP contribution >= 0.6 is 0 Å². The summed E-state index contributed by atoms with van der Waals surface area (Å²) in [5, 5.41) is 20.3. The Balaban J connectivity index is 1.78. The van der Waals surface area contributed by atoms with Crippen LogP contribution in [0.3, 0.4) is 0 Å². The number of rotatable bonds is 4. The van der Waals surface area contributed by atoms with Crippen LogP contribution in [0.25, 0.3) is 11.0 Å². The lowest BCUT2D eigenvalue weighted by atomic mass is 9.73. The standard InChI is InChI=1S/C18H25N3O3/c1-3-6-18(11-22)7-8-21(10-16(18)23)17(24)13-4-5-15-14(9-13)19-12-20(15)2/h4-5,9,12,16,22-23H,3,6-8,10-11H2,1-2H3/t16-,18-/m1/s1. The van der Waals surface area contributed by atoms with Crippen molar-refractivity contribution in [2.75, 3.05) is 19.7 Å². The van der Waals surface area contributed by atoms with E-state index in [0.29, 0.717) is 18.5 Å². The second-order valence-electron chi connectivity index (χ2n) is 6.85. The Bertz CT molecular complexity index is 742. The van der Waals surface area contributed by atoms with Crippen LogP contribution < -0.4 is 0 Å². The highest BCUT2D eigenvalue weighted by atomic mass is 16.3. The number of carbonyl (C=O) groups excluding carboxylic acids is 1. The third kappa shape index (κ3) is 2.80. The van der Waals surface area contributed by atoms with E-state index in [4.69, 9.17) is 0 Å². The largest absolute Gasteiger partial charge is 0.396 e. The molecule has 1 aliphatic heterocycles. The van der Waals surface area contributed by atoms with Gasteiger partial charge in [-0.2, -0.15) is 0 Å². The molecule has 1 fully saturated rings. The van der Waals surface area contributed by atoms with Gasteiger partial charge in [-0.1, -0.05) is 13.3 Å². The maximum absolute atomic E-state index is 12.8. The summed E-state index contributed by atoms with van der Waals surface area (Å²) in [6.07, 6.45) is 3.33. The average molecular weight is 331 g/mol. The highest BCUT2D eigenvalue weighted by Gasteiger charge is 2.42. The number of hydrogen-bond donors (Lipinski definition) is 2. The van der Waals surface area contributed by atoms with Crippen LogP contribution in [0.15, 0.2) is 24.5 Å². The van der Waals surface area contributed by atoms with Crippen LogP contribution in [0.5, 0.6) is 0 Å². The van der Waals surface area contributed by atoms with E-state index in [9.17, 15) is 15.0 Å². The Morgan fingerprint density at radius 1 is 1.46 bits per heavy atom. The van der Waals surface area contributed by atoms with Crippen molar-refractivity contribution >= 4 is 16.9 Å². The smallest absolute Gasteiger partial charge is 0.254 e. The lowest BCUT2D eigenvalue weighted by Crippen LogP contribution is -2.54. The van der Waals surface area contributed by atoms with E-state index in [0.717, 1.165) is 23.9 Å². The van der Waals surface area contributed by atoms with Crippen molar-refractivity contribution in [1.82, 2.24) is 14.5 Å². The highest BCUT2D eigenvalue weighted by molar-refractivity contribution is 5.97. The van der Waals surface area contributed by atoms with Gasteiger partial charge in [0.15, 0.2) is 0 Å². The number of imidazole rings is 1. The number of aliphatic hydroxyl groups is 2. The zero-order valence-electron chi connectivity index (χ0n) is 14.3. The number of carbonyl (C=O) groups is 1. The molecule has 1 aromatic carbocycles. The van der Waals surface area contributed by atoms with Gasteiger partial charge in [-0.15, -0.1) is 0 Å². The third-order valence-electron chi connectivity index (χ3n) is 5.30. The fourth-order valence-corrected chi connectivity index (χ4v) is 3.71. The second kappa shape index (κ2) is 6.53. The quantitative estimate of drug-likeness (QED) is 0.891. The van der Waals surface area contributed by atoms with Crippen molar-refractivity contribution in [3.63, 3.8) is 0 Å². The third-order valence-corrected chi connectivity index (χ3v) is 5.30. The van der Waals surface area contributed by atoms with Crippen LogP contribution in [0.2, 0.25) is 0 Å². The van der Waals surface area contributed by atoms with Crippen LogP contribution in [0.1, 0.15) is 36.5 Å². The molecule has 3 rings (SSSR count). The number of likely N-dealkylation sites (tertiary alicyclic amines) is 1. The predicted molar refractivity (Wildman–Crippen MR) is 91.7 cm³/mol. The van der Waals surface area contributed by atoms with Crippen LogP contribution in [-0.4, -0.2) is 56.4 Å². The molecule has 2 N–H and O–H groups in total. The minimum Gasteiger partial charge on any atom is -0.396 e. The number of aliphatic hydroxyl groups excluding tert-OH is 2. The molecular weight excluding hydrogens is 306 g/mol. The number of piperidine rings is 1. The number of benzene rings is 1. The summed E-state index contributed by atoms with van der Waals surface area (Å²) < 4.78 is 1.91. The molecule has 0 spiro atoms. The zero-order chi connectivity index (χ0) is 17.3. The normalized spacial score (nSPS) is 24.5. The van der Waals surface area contributed by atoms with Gasteiger partial charge in [-0.3, -0.25) is 4.79 Å². The van der Waals surface area contributed by atoms with Crippen molar-refractivity contribution in [3.8, 4) is 0 Å². The summed E-state index contributed by atoms with van der Waals surface area (Å²) in [4.78, 5) is 18.7. The van der Waals surface area contributed by atoms with Gasteiger partial charge in [0.05, 0.1) is 30.1 Å². The topological polar surface area (TPSA) is 78.6 Å². The van der Waals surface area contributed by atoms with Crippen molar-refractivity contribution in [2.24, 2.45) is 12.5 Å². The maximum atomic E-state index is 12.8. The lowest BCUT2D eigenvalue weighted by molar-refractivity contribution is -0.0713. The van der Waals surface area contributed by atoms with E-state index in [1.165, 1.54) is 0 Å². The SMILES string of the molecule is CCC[C@]1(CO)CCN(C(=O)c2ccc3c(c2)ncn3C)C[C@H]1O. The van der Waals surface area contributed by atoms with Gasteiger partial charge in [-0.05, 0) is 31.0 Å². The van der Waals surface area contributed by atoms with Crippen LogP contribution in [0.4, 0.5) is 0 Å². The van der Waals surface area contributed by atoms with E-state index in [2.05, 4.69) is 4.98 Å². The molecule has 0 aliphatic carbocycles. The zero-order valence-corrected chi connectivity index (χ0v) is 14.3. The number of fused-ring (bicyclic) bond motifs is 1. The van der Waals surface area contributed by atoms with E-state index in [1.54, 1.807) is 23.4 Å². The Morgan fingerprint density at radius 3 is 2.92 bits per heavy atom. The van der Waals surface area contributed by atoms with Gasteiger partial charge < -0.3 is 19.7 Å². The first-order valence-electron chi connectivity index (χ1n) is 8.50. The van der Waals surface area contributed by atoms with Gasteiger partial charge in [0, 0.05) is 31.1 Å². The van der Waals surface area contributed by atoms with Gasteiger partial charge >= 0.3 is 0 Å². The van der Waals surface area contributed by atoms with Crippen molar-refractivity contribution in [2.45, 2.75) is 32.3 Å². The molecule has 130 valence electrons. The molecule has 1 amide bonds. The van der Waals surface area contributed by atoms with Crippen molar-refractivity contribution in [3.05, 3.63) is 30.1 Å². The van der Waals surface area contributed by atoms with Gasteiger partial charge in [0.25, 0.3) is 5.91 Å². The molecule has 0 unspecified atom stereocenters. The molecule has 2 aromatic rings. The molecule has 1 saturated heterocycles. The van der Waals surface area contributed by atoms with Crippen LogP contribution in [-0.2, 0) is 7.05 Å². The molecule has 6 nitrogen and oxygen atoms in total. The first kappa shape index (κ1) is 16.9. The molecule has 0 radical (unpaired) electrons. The average Bonchev–Trinajstić information content (AvgIpc) is 2.97. The summed E-state index contributed by atoms with van der Waals surface area (Å²) in [6.45, 7) is 2.82. The Kier molecular flexibility index (Phi) is 4.60. The molecule has 6 heteroatoms. The molecular formula is C18H25N3O3. The number of β-amino-alcohol motifs (C(OH)–C–C–N with tert-alkyl or cyclic N) is 1. The fraction of sp³-hybridized carbons (Fsp3) is 0.556. The van der Waals surface area contributed by atoms with Crippen molar-refractivity contribution < 1.29 is 15.0 Å². The Labute approximate surface area is 141 Å². The molecule has 1 aromatic heterocycles. The summed E-state index contributed by atoms with van der Waals surface area (Å²) in [6, 6.07) is 5.49. The van der Waals surface area contributed by atoms with Crippen molar-refractivity contribution in [1.29, 1.82) is 0 Å². The molecule has 24 heavy (non-hydrogen) atoms. The first-order chi connectivity index (χ1) is 11.5. The molecule has 2 heterocycles. The molecule has 0 saturated carbocycles. The number of hydrogen-bond acceptors (Lipinski definition) is 4. The van der Waals surface area contributed by atoms with E-state index in [-0.39, 0.29) is 19.1 Å². The van der Waals surface area contributed by atoms with E-state index >= 15 is 0 Å². The first-order valence-corrected chi connectivity index (χ1v) is 8.50. The minimum atomic E-state index is -0.696.